The van der Waals surface area contributed by atoms with Crippen molar-refractivity contribution in [2.24, 2.45) is 0 Å². The first-order chi connectivity index (χ1) is 9.72. The summed E-state index contributed by atoms with van der Waals surface area (Å²) in [5.41, 5.74) is 5.58. The molecule has 0 saturated heterocycles. The summed E-state index contributed by atoms with van der Waals surface area (Å²) in [7, 11) is 0. The molecular formula is C16H23N3S. The Morgan fingerprint density at radius 3 is 2.70 bits per heavy atom. The molecule has 108 valence electrons. The maximum absolute atomic E-state index is 4.28. The zero-order chi connectivity index (χ0) is 14.4. The van der Waals surface area contributed by atoms with Crippen LogP contribution in [0.2, 0.25) is 0 Å². The molecule has 0 spiro atoms. The van der Waals surface area contributed by atoms with Crippen LogP contribution >= 0.6 is 11.3 Å². The van der Waals surface area contributed by atoms with Crippen molar-refractivity contribution in [3.8, 4) is 0 Å². The van der Waals surface area contributed by atoms with Gasteiger partial charge in [-0.25, -0.2) is 4.98 Å². The average Bonchev–Trinajstić information content (AvgIpc) is 2.88. The number of rotatable bonds is 7. The molecule has 0 fully saturated rings. The van der Waals surface area contributed by atoms with Crippen molar-refractivity contribution in [3.63, 3.8) is 0 Å². The minimum Gasteiger partial charge on any atom is -0.380 e. The summed E-state index contributed by atoms with van der Waals surface area (Å²) in [6.45, 7) is 10.5. The van der Waals surface area contributed by atoms with Gasteiger partial charge in [0.15, 0.2) is 0 Å². The predicted octanol–water partition coefficient (Wildman–Crippen LogP) is 3.91. The van der Waals surface area contributed by atoms with Crippen LogP contribution in [0.5, 0.6) is 0 Å². The highest BCUT2D eigenvalue weighted by Crippen LogP contribution is 2.17. The van der Waals surface area contributed by atoms with Gasteiger partial charge in [0.2, 0.25) is 0 Å². The Labute approximate surface area is 125 Å². The van der Waals surface area contributed by atoms with Crippen LogP contribution in [0.25, 0.3) is 0 Å². The molecule has 0 saturated carbocycles. The SMILES string of the molecule is CCN(CC)Cc1cccc(NCc2scnc2C)c1. The summed E-state index contributed by atoms with van der Waals surface area (Å²) in [6.07, 6.45) is 0. The molecule has 2 aromatic rings. The zero-order valence-electron chi connectivity index (χ0n) is 12.5. The van der Waals surface area contributed by atoms with Gasteiger partial charge in [0, 0.05) is 17.1 Å². The van der Waals surface area contributed by atoms with Gasteiger partial charge in [-0.3, -0.25) is 4.90 Å². The molecule has 0 bridgehead atoms. The first-order valence-electron chi connectivity index (χ1n) is 7.17. The molecule has 20 heavy (non-hydrogen) atoms. The van der Waals surface area contributed by atoms with Gasteiger partial charge < -0.3 is 5.32 Å². The molecule has 0 atom stereocenters. The van der Waals surface area contributed by atoms with Gasteiger partial charge in [-0.15, -0.1) is 11.3 Å². The molecule has 1 aromatic heterocycles. The lowest BCUT2D eigenvalue weighted by Gasteiger charge is -2.18. The van der Waals surface area contributed by atoms with Crippen LogP contribution in [0.4, 0.5) is 5.69 Å². The number of aromatic nitrogens is 1. The molecule has 1 aromatic carbocycles. The minimum absolute atomic E-state index is 0.852. The second-order valence-electron chi connectivity index (χ2n) is 4.88. The Morgan fingerprint density at radius 1 is 1.25 bits per heavy atom. The predicted molar refractivity (Wildman–Crippen MR) is 87.2 cm³/mol. The van der Waals surface area contributed by atoms with Gasteiger partial charge in [0.1, 0.15) is 0 Å². The molecule has 4 heteroatoms. The third-order valence-electron chi connectivity index (χ3n) is 3.53. The Morgan fingerprint density at radius 2 is 2.05 bits per heavy atom. The third-order valence-corrected chi connectivity index (χ3v) is 4.46. The van der Waals surface area contributed by atoms with Crippen molar-refractivity contribution in [3.05, 3.63) is 45.9 Å². The molecule has 2 rings (SSSR count). The molecule has 1 heterocycles. The fourth-order valence-electron chi connectivity index (χ4n) is 2.16. The fraction of sp³-hybridized carbons (Fsp3) is 0.438. The Kier molecular flexibility index (Phi) is 5.56. The van der Waals surface area contributed by atoms with Crippen LogP contribution in [0.3, 0.4) is 0 Å². The lowest BCUT2D eigenvalue weighted by molar-refractivity contribution is 0.296. The van der Waals surface area contributed by atoms with E-state index in [2.05, 4.69) is 60.2 Å². The Bertz CT molecular complexity index is 532. The standard InChI is InChI=1S/C16H23N3S/c1-4-19(5-2)11-14-7-6-8-15(9-14)17-10-16-13(3)18-12-20-16/h6-9,12,17H,4-5,10-11H2,1-3H3. The van der Waals surface area contributed by atoms with Crippen LogP contribution in [-0.2, 0) is 13.1 Å². The number of hydrogen-bond acceptors (Lipinski definition) is 4. The second-order valence-corrected chi connectivity index (χ2v) is 5.82. The monoisotopic (exact) mass is 289 g/mol. The quantitative estimate of drug-likeness (QED) is 0.837. The summed E-state index contributed by atoms with van der Waals surface area (Å²) in [4.78, 5) is 8.01. The average molecular weight is 289 g/mol. The fourth-order valence-corrected chi connectivity index (χ4v) is 2.88. The minimum atomic E-state index is 0.852. The number of nitrogens with zero attached hydrogens (tertiary/aromatic N) is 2. The van der Waals surface area contributed by atoms with Crippen molar-refractivity contribution in [1.82, 2.24) is 9.88 Å². The Hall–Kier alpha value is -1.39. The largest absolute Gasteiger partial charge is 0.380 e. The van der Waals surface area contributed by atoms with Crippen LogP contribution in [-0.4, -0.2) is 23.0 Å². The first-order valence-corrected chi connectivity index (χ1v) is 8.05. The topological polar surface area (TPSA) is 28.2 Å². The highest BCUT2D eigenvalue weighted by molar-refractivity contribution is 7.09. The molecule has 3 nitrogen and oxygen atoms in total. The number of hydrogen-bond donors (Lipinski definition) is 1. The summed E-state index contributed by atoms with van der Waals surface area (Å²) in [5.74, 6) is 0. The van der Waals surface area contributed by atoms with E-state index in [9.17, 15) is 0 Å². The number of thiazole rings is 1. The zero-order valence-corrected chi connectivity index (χ0v) is 13.3. The van der Waals surface area contributed by atoms with Gasteiger partial charge in [0.25, 0.3) is 0 Å². The van der Waals surface area contributed by atoms with Gasteiger partial charge in [-0.05, 0) is 37.7 Å². The molecule has 1 N–H and O–H groups in total. The molecule has 0 amide bonds. The van der Waals surface area contributed by atoms with Crippen molar-refractivity contribution in [1.29, 1.82) is 0 Å². The Balaban J connectivity index is 1.97. The normalized spacial score (nSPS) is 11.0. The first kappa shape index (κ1) is 15.0. The van der Waals surface area contributed by atoms with Crippen molar-refractivity contribution in [2.45, 2.75) is 33.9 Å². The van der Waals surface area contributed by atoms with Crippen molar-refractivity contribution >= 4 is 17.0 Å². The van der Waals surface area contributed by atoms with Gasteiger partial charge in [-0.2, -0.15) is 0 Å². The molecule has 0 radical (unpaired) electrons. The van der Waals surface area contributed by atoms with Crippen LogP contribution in [0.15, 0.2) is 29.8 Å². The highest BCUT2D eigenvalue weighted by atomic mass is 32.1. The lowest BCUT2D eigenvalue weighted by Crippen LogP contribution is -2.22. The van der Waals surface area contributed by atoms with E-state index < -0.39 is 0 Å². The maximum atomic E-state index is 4.28. The van der Waals surface area contributed by atoms with Crippen LogP contribution < -0.4 is 5.32 Å². The summed E-state index contributed by atoms with van der Waals surface area (Å²) in [6, 6.07) is 8.69. The number of anilines is 1. The number of benzene rings is 1. The number of aryl methyl sites for hydroxylation is 1. The molecule has 0 aliphatic rings. The van der Waals surface area contributed by atoms with Gasteiger partial charge in [-0.1, -0.05) is 26.0 Å². The van der Waals surface area contributed by atoms with E-state index in [1.807, 2.05) is 5.51 Å². The smallest absolute Gasteiger partial charge is 0.0798 e. The lowest BCUT2D eigenvalue weighted by atomic mass is 10.2. The summed E-state index contributed by atoms with van der Waals surface area (Å²) >= 11 is 1.71. The third kappa shape index (κ3) is 4.05. The summed E-state index contributed by atoms with van der Waals surface area (Å²) < 4.78 is 0. The van der Waals surface area contributed by atoms with Crippen molar-refractivity contribution < 1.29 is 0 Å². The van der Waals surface area contributed by atoms with Crippen LogP contribution in [0, 0.1) is 6.92 Å². The van der Waals surface area contributed by atoms with E-state index in [1.165, 1.54) is 16.1 Å². The van der Waals surface area contributed by atoms with E-state index in [1.54, 1.807) is 11.3 Å². The van der Waals surface area contributed by atoms with Gasteiger partial charge >= 0.3 is 0 Å². The molecular weight excluding hydrogens is 266 g/mol. The van der Waals surface area contributed by atoms with Crippen LogP contribution in [0.1, 0.15) is 30.0 Å². The van der Waals surface area contributed by atoms with E-state index in [4.69, 9.17) is 0 Å². The van der Waals surface area contributed by atoms with E-state index >= 15 is 0 Å². The highest BCUT2D eigenvalue weighted by Gasteiger charge is 2.03. The molecule has 0 unspecified atom stereocenters. The van der Waals surface area contributed by atoms with Gasteiger partial charge in [0.05, 0.1) is 17.7 Å². The maximum Gasteiger partial charge on any atom is 0.0798 e. The van der Waals surface area contributed by atoms with E-state index in [0.717, 1.165) is 31.9 Å². The summed E-state index contributed by atoms with van der Waals surface area (Å²) in [5, 5.41) is 3.49. The van der Waals surface area contributed by atoms with E-state index in [0.29, 0.717) is 0 Å². The molecule has 0 aliphatic heterocycles. The number of nitrogens with one attached hydrogen (secondary N) is 1. The molecule has 0 aliphatic carbocycles. The van der Waals surface area contributed by atoms with Crippen molar-refractivity contribution in [2.75, 3.05) is 18.4 Å². The van der Waals surface area contributed by atoms with E-state index in [-0.39, 0.29) is 0 Å². The second kappa shape index (κ2) is 7.41.